The van der Waals surface area contributed by atoms with Crippen molar-refractivity contribution in [3.05, 3.63) is 11.3 Å². The molecule has 0 aromatic rings. The molecule has 3 saturated heterocycles. The molecule has 9 nitrogen and oxygen atoms in total. The number of aldehydes is 1. The van der Waals surface area contributed by atoms with Gasteiger partial charge in [0.2, 0.25) is 0 Å². The number of methoxy groups -OCH3 is 1. The molecular formula is C20H33NO8. The summed E-state index contributed by atoms with van der Waals surface area (Å²) in [6, 6.07) is 0.0943. The summed E-state index contributed by atoms with van der Waals surface area (Å²) in [6.45, 7) is 6.47. The fourth-order valence-electron chi connectivity index (χ4n) is 4.39. The molecule has 0 radical (unpaired) electrons. The fourth-order valence-corrected chi connectivity index (χ4v) is 4.39. The lowest BCUT2D eigenvalue weighted by Crippen LogP contribution is -2.55. The number of carbonyl (C=O) groups is 1. The van der Waals surface area contributed by atoms with E-state index in [0.717, 1.165) is 6.54 Å². The van der Waals surface area contributed by atoms with Gasteiger partial charge in [-0.15, -0.1) is 0 Å². The first-order valence-electron chi connectivity index (χ1n) is 10.2. The van der Waals surface area contributed by atoms with E-state index in [-0.39, 0.29) is 36.8 Å². The smallest absolute Gasteiger partial charge is 0.197 e. The molecule has 9 heteroatoms. The molecule has 0 amide bonds. The number of morpholine rings is 1. The zero-order chi connectivity index (χ0) is 21.1. The van der Waals surface area contributed by atoms with Crippen molar-refractivity contribution in [3.63, 3.8) is 0 Å². The Balaban J connectivity index is 1.72. The van der Waals surface area contributed by atoms with Crippen LogP contribution in [0.1, 0.15) is 33.6 Å². The topological polar surface area (TPSA) is 107 Å². The highest BCUT2D eigenvalue weighted by molar-refractivity contribution is 5.57. The molecule has 3 heterocycles. The summed E-state index contributed by atoms with van der Waals surface area (Å²) >= 11 is 0. The minimum atomic E-state index is -0.626. The SMILES string of the molecule is CO[C@H]1OCCN2[C@@H]1O[C@@H]1[C@H](C)O[C@@H](O[C@@H](CCO)/C(C)=C(\O)C(C)C=O)C[C@@H]12. The fraction of sp³-hybridized carbons (Fsp3) is 0.850. The Bertz CT molecular complexity index is 599. The lowest BCUT2D eigenvalue weighted by atomic mass is 9.98. The maximum Gasteiger partial charge on any atom is 0.197 e. The zero-order valence-electron chi connectivity index (χ0n) is 17.5. The van der Waals surface area contributed by atoms with Crippen LogP contribution in [-0.4, -0.2) is 91.4 Å². The van der Waals surface area contributed by atoms with Gasteiger partial charge in [0.15, 0.2) is 18.8 Å². The first kappa shape index (κ1) is 22.6. The van der Waals surface area contributed by atoms with E-state index in [9.17, 15) is 15.0 Å². The molecule has 166 valence electrons. The molecule has 0 bridgehead atoms. The van der Waals surface area contributed by atoms with Crippen LogP contribution >= 0.6 is 0 Å². The van der Waals surface area contributed by atoms with Gasteiger partial charge in [-0.3, -0.25) is 4.90 Å². The van der Waals surface area contributed by atoms with Gasteiger partial charge in [-0.2, -0.15) is 0 Å². The van der Waals surface area contributed by atoms with Crippen LogP contribution in [0.2, 0.25) is 0 Å². The molecule has 0 aromatic carbocycles. The molecule has 0 aliphatic carbocycles. The third-order valence-electron chi connectivity index (χ3n) is 6.02. The highest BCUT2D eigenvalue weighted by Gasteiger charge is 2.53. The van der Waals surface area contributed by atoms with Crippen molar-refractivity contribution in [1.29, 1.82) is 0 Å². The van der Waals surface area contributed by atoms with E-state index >= 15 is 0 Å². The third kappa shape index (κ3) is 4.66. The minimum absolute atomic E-state index is 0.0273. The molecule has 0 aromatic heterocycles. The largest absolute Gasteiger partial charge is 0.512 e. The van der Waals surface area contributed by atoms with E-state index in [1.807, 2.05) is 6.92 Å². The number of nitrogens with zero attached hydrogens (tertiary/aromatic N) is 1. The lowest BCUT2D eigenvalue weighted by Gasteiger charge is -2.41. The second-order valence-corrected chi connectivity index (χ2v) is 7.91. The molecule has 1 unspecified atom stereocenters. The second kappa shape index (κ2) is 9.82. The average molecular weight is 415 g/mol. The number of carbonyl (C=O) groups excluding carboxylic acids is 1. The number of aliphatic hydroxyl groups is 2. The van der Waals surface area contributed by atoms with Crippen LogP contribution in [0.5, 0.6) is 0 Å². The highest BCUT2D eigenvalue weighted by Crippen LogP contribution is 2.38. The summed E-state index contributed by atoms with van der Waals surface area (Å²) in [7, 11) is 1.60. The van der Waals surface area contributed by atoms with Crippen molar-refractivity contribution in [2.45, 2.75) is 76.8 Å². The van der Waals surface area contributed by atoms with Gasteiger partial charge in [0.05, 0.1) is 24.7 Å². The Hall–Kier alpha value is -1.07. The number of aliphatic hydroxyl groups excluding tert-OH is 2. The summed E-state index contributed by atoms with van der Waals surface area (Å²) in [5.41, 5.74) is 0.531. The molecule has 8 atom stereocenters. The predicted octanol–water partition coefficient (Wildman–Crippen LogP) is 0.954. The van der Waals surface area contributed by atoms with Crippen LogP contribution in [0, 0.1) is 5.92 Å². The molecule has 3 rings (SSSR count). The Morgan fingerprint density at radius 3 is 2.79 bits per heavy atom. The van der Waals surface area contributed by atoms with E-state index in [2.05, 4.69) is 4.90 Å². The summed E-state index contributed by atoms with van der Waals surface area (Å²) in [4.78, 5) is 13.3. The number of fused-ring (bicyclic) bond motifs is 3. The Morgan fingerprint density at radius 1 is 1.38 bits per heavy atom. The summed E-state index contributed by atoms with van der Waals surface area (Å²) in [5, 5.41) is 19.8. The van der Waals surface area contributed by atoms with Crippen molar-refractivity contribution in [2.75, 3.05) is 26.9 Å². The predicted molar refractivity (Wildman–Crippen MR) is 102 cm³/mol. The van der Waals surface area contributed by atoms with Gasteiger partial charge in [-0.05, 0) is 26.3 Å². The summed E-state index contributed by atoms with van der Waals surface area (Å²) in [6.07, 6.45) is -0.545. The Morgan fingerprint density at radius 2 is 2.14 bits per heavy atom. The van der Waals surface area contributed by atoms with Crippen LogP contribution in [0.25, 0.3) is 0 Å². The lowest BCUT2D eigenvalue weighted by molar-refractivity contribution is -0.252. The molecule has 0 saturated carbocycles. The molecular weight excluding hydrogens is 382 g/mol. The van der Waals surface area contributed by atoms with E-state index in [4.69, 9.17) is 23.7 Å². The number of hydrogen-bond donors (Lipinski definition) is 2. The molecule has 3 fully saturated rings. The van der Waals surface area contributed by atoms with Gasteiger partial charge in [-0.25, -0.2) is 0 Å². The van der Waals surface area contributed by atoms with E-state index < -0.39 is 24.6 Å². The van der Waals surface area contributed by atoms with Gasteiger partial charge in [0.1, 0.15) is 18.1 Å². The van der Waals surface area contributed by atoms with Gasteiger partial charge >= 0.3 is 0 Å². The monoisotopic (exact) mass is 415 g/mol. The first-order valence-corrected chi connectivity index (χ1v) is 10.2. The average Bonchev–Trinajstić information content (AvgIpc) is 3.11. The zero-order valence-corrected chi connectivity index (χ0v) is 17.5. The van der Waals surface area contributed by atoms with E-state index in [0.29, 0.717) is 31.3 Å². The molecule has 0 spiro atoms. The van der Waals surface area contributed by atoms with Crippen LogP contribution < -0.4 is 0 Å². The van der Waals surface area contributed by atoms with Crippen molar-refractivity contribution < 1.29 is 38.7 Å². The van der Waals surface area contributed by atoms with Gasteiger partial charge < -0.3 is 38.7 Å². The maximum atomic E-state index is 11.0. The Labute approximate surface area is 171 Å². The number of ether oxygens (including phenoxy) is 5. The quantitative estimate of drug-likeness (QED) is 0.443. The molecule has 3 aliphatic rings. The van der Waals surface area contributed by atoms with Crippen LogP contribution in [-0.2, 0) is 28.5 Å². The third-order valence-corrected chi connectivity index (χ3v) is 6.02. The van der Waals surface area contributed by atoms with Crippen LogP contribution in [0.15, 0.2) is 11.3 Å². The molecule has 3 aliphatic heterocycles. The first-order chi connectivity index (χ1) is 13.9. The highest BCUT2D eigenvalue weighted by atomic mass is 16.7. The van der Waals surface area contributed by atoms with Crippen molar-refractivity contribution in [2.24, 2.45) is 5.92 Å². The van der Waals surface area contributed by atoms with Crippen molar-refractivity contribution in [1.82, 2.24) is 4.90 Å². The summed E-state index contributed by atoms with van der Waals surface area (Å²) < 4.78 is 29.5. The van der Waals surface area contributed by atoms with Crippen molar-refractivity contribution in [3.8, 4) is 0 Å². The van der Waals surface area contributed by atoms with Crippen molar-refractivity contribution >= 4 is 6.29 Å². The molecule has 29 heavy (non-hydrogen) atoms. The van der Waals surface area contributed by atoms with Gasteiger partial charge in [0, 0.05) is 39.1 Å². The maximum absolute atomic E-state index is 11.0. The normalized spacial score (nSPS) is 38.0. The van der Waals surface area contributed by atoms with Crippen LogP contribution in [0.3, 0.4) is 0 Å². The van der Waals surface area contributed by atoms with E-state index in [1.54, 1.807) is 21.0 Å². The molecule has 2 N–H and O–H groups in total. The standard InChI is InChI=1S/C20H33NO8/c1-11(10-23)17(24)12(2)15(5-7-22)28-16-9-14-18(13(3)27-16)29-19-20(25-4)26-8-6-21(14)19/h10-11,13-16,18-20,22,24H,5-9H2,1-4H3/b17-12-/t11?,13-,14-,15-,16-,18+,19+,20-/m0/s1. The Kier molecular flexibility index (Phi) is 7.66. The summed E-state index contributed by atoms with van der Waals surface area (Å²) in [5.74, 6) is -0.653. The number of allylic oxidation sites excluding steroid dienone is 1. The number of hydrogen-bond acceptors (Lipinski definition) is 9. The van der Waals surface area contributed by atoms with Gasteiger partial charge in [-0.1, -0.05) is 0 Å². The van der Waals surface area contributed by atoms with Crippen LogP contribution in [0.4, 0.5) is 0 Å². The number of rotatable bonds is 8. The van der Waals surface area contributed by atoms with Gasteiger partial charge in [0.25, 0.3) is 0 Å². The van der Waals surface area contributed by atoms with E-state index in [1.165, 1.54) is 0 Å². The minimum Gasteiger partial charge on any atom is -0.512 e. The second-order valence-electron chi connectivity index (χ2n) is 7.91.